The first kappa shape index (κ1) is 14.4. The van der Waals surface area contributed by atoms with Gasteiger partial charge in [0.15, 0.2) is 5.13 Å². The maximum atomic E-state index is 13.5. The van der Waals surface area contributed by atoms with Crippen molar-refractivity contribution in [1.82, 2.24) is 4.98 Å². The van der Waals surface area contributed by atoms with Crippen LogP contribution >= 0.6 is 11.3 Å². The second kappa shape index (κ2) is 6.49. The largest absolute Gasteiger partial charge is 0.302 e. The summed E-state index contributed by atoms with van der Waals surface area (Å²) in [6.45, 7) is 0. The number of carbonyl (C=O) groups excluding carboxylic acids is 1. The summed E-state index contributed by atoms with van der Waals surface area (Å²) in [7, 11) is 0. The zero-order valence-electron chi connectivity index (χ0n) is 11.6. The Morgan fingerprint density at radius 1 is 1.09 bits per heavy atom. The molecule has 0 radical (unpaired) electrons. The van der Waals surface area contributed by atoms with Gasteiger partial charge in [-0.05, 0) is 17.2 Å². The molecule has 0 aliphatic carbocycles. The molecule has 0 unspecified atom stereocenters. The molecule has 0 aliphatic heterocycles. The van der Waals surface area contributed by atoms with E-state index in [-0.39, 0.29) is 18.1 Å². The minimum absolute atomic E-state index is 0.00702. The molecule has 0 fully saturated rings. The summed E-state index contributed by atoms with van der Waals surface area (Å²) < 4.78 is 13.5. The van der Waals surface area contributed by atoms with Gasteiger partial charge >= 0.3 is 0 Å². The first-order valence-electron chi connectivity index (χ1n) is 6.77. The quantitative estimate of drug-likeness (QED) is 0.787. The molecule has 3 aromatic rings. The highest BCUT2D eigenvalue weighted by atomic mass is 32.1. The fourth-order valence-electron chi connectivity index (χ4n) is 2.05. The van der Waals surface area contributed by atoms with Crippen LogP contribution in [0.1, 0.15) is 5.56 Å². The molecule has 3 nitrogen and oxygen atoms in total. The molecule has 0 atom stereocenters. The molecule has 3 rings (SSSR count). The Labute approximate surface area is 131 Å². The second-order valence-corrected chi connectivity index (χ2v) is 5.74. The smallest absolute Gasteiger partial charge is 0.230 e. The predicted molar refractivity (Wildman–Crippen MR) is 86.3 cm³/mol. The summed E-state index contributed by atoms with van der Waals surface area (Å²) in [4.78, 5) is 17.1. The lowest BCUT2D eigenvalue weighted by Gasteiger charge is -2.03. The number of aromatic nitrogens is 1. The SMILES string of the molecule is O=C(Cc1ccccc1F)Nc1ncc(-c2ccccc2)s1. The maximum Gasteiger partial charge on any atom is 0.230 e. The summed E-state index contributed by atoms with van der Waals surface area (Å²) >= 11 is 1.39. The molecule has 1 aromatic heterocycles. The van der Waals surface area contributed by atoms with Crippen molar-refractivity contribution in [3.8, 4) is 10.4 Å². The van der Waals surface area contributed by atoms with Gasteiger partial charge in [0.2, 0.25) is 5.91 Å². The van der Waals surface area contributed by atoms with Crippen LogP contribution in [0.5, 0.6) is 0 Å². The predicted octanol–water partition coefficient (Wildman–Crippen LogP) is 4.13. The van der Waals surface area contributed by atoms with Gasteiger partial charge in [-0.15, -0.1) is 0 Å². The third kappa shape index (κ3) is 3.38. The number of nitrogens with one attached hydrogen (secondary N) is 1. The van der Waals surface area contributed by atoms with E-state index in [4.69, 9.17) is 0 Å². The van der Waals surface area contributed by atoms with Gasteiger partial charge in [0.05, 0.1) is 11.3 Å². The number of benzene rings is 2. The highest BCUT2D eigenvalue weighted by molar-refractivity contribution is 7.19. The zero-order valence-corrected chi connectivity index (χ0v) is 12.4. The van der Waals surface area contributed by atoms with Crippen molar-refractivity contribution in [3.05, 3.63) is 72.2 Å². The van der Waals surface area contributed by atoms with Crippen molar-refractivity contribution in [2.75, 3.05) is 5.32 Å². The van der Waals surface area contributed by atoms with Gasteiger partial charge in [0.25, 0.3) is 0 Å². The van der Waals surface area contributed by atoms with Crippen molar-refractivity contribution < 1.29 is 9.18 Å². The zero-order chi connectivity index (χ0) is 15.4. The highest BCUT2D eigenvalue weighted by Gasteiger charge is 2.10. The van der Waals surface area contributed by atoms with Crippen LogP contribution in [0.3, 0.4) is 0 Å². The Morgan fingerprint density at radius 2 is 1.82 bits per heavy atom. The number of nitrogens with zero attached hydrogens (tertiary/aromatic N) is 1. The summed E-state index contributed by atoms with van der Waals surface area (Å²) in [5.74, 6) is -0.652. The van der Waals surface area contributed by atoms with E-state index < -0.39 is 0 Å². The molecule has 1 N–H and O–H groups in total. The van der Waals surface area contributed by atoms with Crippen molar-refractivity contribution >= 4 is 22.4 Å². The van der Waals surface area contributed by atoms with E-state index in [0.717, 1.165) is 10.4 Å². The molecule has 1 amide bonds. The molecule has 0 aliphatic rings. The highest BCUT2D eigenvalue weighted by Crippen LogP contribution is 2.28. The van der Waals surface area contributed by atoms with Gasteiger partial charge in [0.1, 0.15) is 5.82 Å². The molecule has 0 bridgehead atoms. The fourth-order valence-corrected chi connectivity index (χ4v) is 2.88. The Kier molecular flexibility index (Phi) is 4.25. The Balaban J connectivity index is 1.68. The van der Waals surface area contributed by atoms with Crippen LogP contribution in [0.4, 0.5) is 9.52 Å². The molecule has 5 heteroatoms. The molecular weight excluding hydrogens is 299 g/mol. The third-order valence-electron chi connectivity index (χ3n) is 3.12. The molecule has 1 heterocycles. The lowest BCUT2D eigenvalue weighted by molar-refractivity contribution is -0.115. The summed E-state index contributed by atoms with van der Waals surface area (Å²) in [5, 5.41) is 3.22. The number of halogens is 1. The van der Waals surface area contributed by atoms with Crippen LogP contribution in [0, 0.1) is 5.82 Å². The topological polar surface area (TPSA) is 42.0 Å². The average Bonchev–Trinajstić information content (AvgIpc) is 2.99. The Bertz CT molecular complexity index is 786. The van der Waals surface area contributed by atoms with Crippen LogP contribution in [-0.2, 0) is 11.2 Å². The lowest BCUT2D eigenvalue weighted by atomic mass is 10.1. The first-order chi connectivity index (χ1) is 10.7. The van der Waals surface area contributed by atoms with Crippen LogP contribution in [0.15, 0.2) is 60.8 Å². The van der Waals surface area contributed by atoms with Crippen molar-refractivity contribution in [1.29, 1.82) is 0 Å². The van der Waals surface area contributed by atoms with Crippen LogP contribution in [0.25, 0.3) is 10.4 Å². The molecule has 0 saturated carbocycles. The van der Waals surface area contributed by atoms with Gasteiger partial charge in [-0.1, -0.05) is 59.9 Å². The van der Waals surface area contributed by atoms with Gasteiger partial charge in [0, 0.05) is 6.20 Å². The van der Waals surface area contributed by atoms with E-state index in [0.29, 0.717) is 10.7 Å². The van der Waals surface area contributed by atoms with Crippen molar-refractivity contribution in [2.45, 2.75) is 6.42 Å². The number of carbonyl (C=O) groups is 1. The molecular formula is C17H13FN2OS. The number of anilines is 1. The second-order valence-electron chi connectivity index (χ2n) is 4.71. The van der Waals surface area contributed by atoms with E-state index in [2.05, 4.69) is 10.3 Å². The monoisotopic (exact) mass is 312 g/mol. The number of hydrogen-bond acceptors (Lipinski definition) is 3. The van der Waals surface area contributed by atoms with Crippen LogP contribution in [-0.4, -0.2) is 10.9 Å². The number of hydrogen-bond donors (Lipinski definition) is 1. The van der Waals surface area contributed by atoms with Gasteiger partial charge in [-0.2, -0.15) is 0 Å². The summed E-state index contributed by atoms with van der Waals surface area (Å²) in [5.41, 5.74) is 1.43. The average molecular weight is 312 g/mol. The molecule has 110 valence electrons. The fraction of sp³-hybridized carbons (Fsp3) is 0.0588. The van der Waals surface area contributed by atoms with Crippen molar-refractivity contribution in [3.63, 3.8) is 0 Å². The number of rotatable bonds is 4. The summed E-state index contributed by atoms with van der Waals surface area (Å²) in [6, 6.07) is 16.1. The van der Waals surface area contributed by atoms with Crippen molar-refractivity contribution in [2.24, 2.45) is 0 Å². The normalized spacial score (nSPS) is 10.4. The summed E-state index contributed by atoms with van der Waals surface area (Å²) in [6.07, 6.45) is 1.71. The maximum absolute atomic E-state index is 13.5. The van der Waals surface area contributed by atoms with Gasteiger partial charge in [-0.3, -0.25) is 4.79 Å². The van der Waals surface area contributed by atoms with Crippen LogP contribution < -0.4 is 5.32 Å². The number of amides is 1. The lowest BCUT2D eigenvalue weighted by Crippen LogP contribution is -2.14. The van der Waals surface area contributed by atoms with E-state index in [1.165, 1.54) is 17.4 Å². The van der Waals surface area contributed by atoms with Crippen LogP contribution in [0.2, 0.25) is 0 Å². The third-order valence-corrected chi connectivity index (χ3v) is 4.08. The van der Waals surface area contributed by atoms with E-state index >= 15 is 0 Å². The van der Waals surface area contributed by atoms with E-state index in [9.17, 15) is 9.18 Å². The minimum atomic E-state index is -0.373. The molecule has 0 spiro atoms. The van der Waals surface area contributed by atoms with E-state index in [1.54, 1.807) is 24.4 Å². The van der Waals surface area contributed by atoms with E-state index in [1.807, 2.05) is 30.3 Å². The first-order valence-corrected chi connectivity index (χ1v) is 7.58. The Morgan fingerprint density at radius 3 is 2.59 bits per heavy atom. The molecule has 2 aromatic carbocycles. The minimum Gasteiger partial charge on any atom is -0.302 e. The Hall–Kier alpha value is -2.53. The number of thiazole rings is 1. The van der Waals surface area contributed by atoms with Gasteiger partial charge in [-0.25, -0.2) is 9.37 Å². The standard InChI is InChI=1S/C17H13FN2OS/c18-14-9-5-4-8-13(14)10-16(21)20-17-19-11-15(22-17)12-6-2-1-3-7-12/h1-9,11H,10H2,(H,19,20,21). The molecule has 0 saturated heterocycles. The van der Waals surface area contributed by atoms with Gasteiger partial charge < -0.3 is 5.32 Å². The molecule has 22 heavy (non-hydrogen) atoms.